The van der Waals surface area contributed by atoms with E-state index in [2.05, 4.69) is 37.6 Å². The summed E-state index contributed by atoms with van der Waals surface area (Å²) in [4.78, 5) is 4.21. The fourth-order valence-electron chi connectivity index (χ4n) is 2.20. The number of guanidine groups is 1. The van der Waals surface area contributed by atoms with Gasteiger partial charge in [0.2, 0.25) is 0 Å². The van der Waals surface area contributed by atoms with E-state index in [0.717, 1.165) is 15.8 Å². The molecule has 0 fully saturated rings. The van der Waals surface area contributed by atoms with E-state index < -0.39 is 0 Å². The Bertz CT molecular complexity index is 776. The Morgan fingerprint density at radius 3 is 2.69 bits per heavy atom. The molecule has 2 aromatic rings. The van der Waals surface area contributed by atoms with Crippen molar-refractivity contribution in [3.05, 3.63) is 64.1 Å². The van der Waals surface area contributed by atoms with Crippen molar-refractivity contribution in [2.75, 3.05) is 13.6 Å². The van der Waals surface area contributed by atoms with Crippen molar-refractivity contribution in [2.45, 2.75) is 19.6 Å². The van der Waals surface area contributed by atoms with Crippen LogP contribution in [-0.4, -0.2) is 25.7 Å². The van der Waals surface area contributed by atoms with Crippen LogP contribution in [0.3, 0.4) is 0 Å². The van der Waals surface area contributed by atoms with Crippen LogP contribution in [0.2, 0.25) is 0 Å². The van der Waals surface area contributed by atoms with E-state index in [0.29, 0.717) is 24.6 Å². The zero-order valence-electron chi connectivity index (χ0n) is 14.7. The third kappa shape index (κ3) is 7.22. The van der Waals surface area contributed by atoms with Crippen molar-refractivity contribution < 1.29 is 4.74 Å². The fourth-order valence-corrected chi connectivity index (χ4v) is 2.57. The van der Waals surface area contributed by atoms with Gasteiger partial charge in [0, 0.05) is 13.6 Å². The molecule has 0 radical (unpaired) electrons. The Balaban J connectivity index is 0.00000338. The SMILES string of the molecule is CN=C(NCc1cccc(C#N)c1)NCC(C)Oc1ccccc1Br.I. The number of hydrogen-bond donors (Lipinski definition) is 2. The lowest BCUT2D eigenvalue weighted by atomic mass is 10.1. The predicted molar refractivity (Wildman–Crippen MR) is 119 cm³/mol. The van der Waals surface area contributed by atoms with Crippen LogP contribution in [0.5, 0.6) is 5.75 Å². The third-order valence-corrected chi connectivity index (χ3v) is 4.12. The number of benzene rings is 2. The van der Waals surface area contributed by atoms with Gasteiger partial charge < -0.3 is 15.4 Å². The van der Waals surface area contributed by atoms with Crippen LogP contribution in [0.1, 0.15) is 18.1 Å². The molecule has 138 valence electrons. The molecule has 0 spiro atoms. The summed E-state index contributed by atoms with van der Waals surface area (Å²) in [6.07, 6.45) is -0.0285. The summed E-state index contributed by atoms with van der Waals surface area (Å²) in [6.45, 7) is 3.20. The second kappa shape index (κ2) is 11.8. The number of nitriles is 1. The molecule has 1 atom stereocenters. The highest BCUT2D eigenvalue weighted by molar-refractivity contribution is 14.0. The minimum atomic E-state index is -0.0285. The Morgan fingerprint density at radius 1 is 1.23 bits per heavy atom. The van der Waals surface area contributed by atoms with Gasteiger partial charge in [-0.1, -0.05) is 24.3 Å². The highest BCUT2D eigenvalue weighted by atomic mass is 127. The smallest absolute Gasteiger partial charge is 0.191 e. The van der Waals surface area contributed by atoms with Crippen LogP contribution in [0.25, 0.3) is 0 Å². The van der Waals surface area contributed by atoms with Crippen LogP contribution in [0.4, 0.5) is 0 Å². The average molecular weight is 529 g/mol. The zero-order valence-corrected chi connectivity index (χ0v) is 18.6. The largest absolute Gasteiger partial charge is 0.488 e. The lowest BCUT2D eigenvalue weighted by molar-refractivity contribution is 0.222. The van der Waals surface area contributed by atoms with Gasteiger partial charge in [-0.15, -0.1) is 24.0 Å². The molecule has 1 unspecified atom stereocenters. The highest BCUT2D eigenvalue weighted by Gasteiger charge is 2.08. The average Bonchev–Trinajstić information content (AvgIpc) is 2.64. The summed E-state index contributed by atoms with van der Waals surface area (Å²) in [5.74, 6) is 1.50. The van der Waals surface area contributed by atoms with Crippen molar-refractivity contribution in [3.63, 3.8) is 0 Å². The first-order valence-electron chi connectivity index (χ1n) is 7.97. The molecule has 0 aliphatic rings. The Morgan fingerprint density at radius 2 is 2.00 bits per heavy atom. The molecule has 26 heavy (non-hydrogen) atoms. The van der Waals surface area contributed by atoms with Gasteiger partial charge in [0.25, 0.3) is 0 Å². The molecule has 2 aromatic carbocycles. The van der Waals surface area contributed by atoms with Crippen molar-refractivity contribution in [3.8, 4) is 11.8 Å². The number of halogens is 2. The standard InChI is InChI=1S/C19H21BrN4O.HI/c1-14(25-18-9-4-3-8-17(18)20)12-23-19(22-2)24-13-16-7-5-6-15(10-16)11-21;/h3-10,14H,12-13H2,1-2H3,(H2,22,23,24);1H. The quantitative estimate of drug-likeness (QED) is 0.337. The van der Waals surface area contributed by atoms with E-state index in [1.165, 1.54) is 0 Å². The summed E-state index contributed by atoms with van der Waals surface area (Å²) >= 11 is 3.48. The molecule has 0 saturated heterocycles. The molecule has 2 N–H and O–H groups in total. The maximum absolute atomic E-state index is 8.95. The zero-order chi connectivity index (χ0) is 18.1. The normalized spacial score (nSPS) is 11.7. The molecule has 5 nitrogen and oxygen atoms in total. The molecule has 0 aliphatic carbocycles. The molecule has 2 rings (SSSR count). The van der Waals surface area contributed by atoms with Crippen molar-refractivity contribution in [1.29, 1.82) is 5.26 Å². The lowest BCUT2D eigenvalue weighted by Crippen LogP contribution is -2.41. The number of nitrogens with zero attached hydrogens (tertiary/aromatic N) is 2. The third-order valence-electron chi connectivity index (χ3n) is 3.46. The minimum Gasteiger partial charge on any atom is -0.488 e. The maximum atomic E-state index is 8.95. The fraction of sp³-hybridized carbons (Fsp3) is 0.263. The molecule has 0 amide bonds. The van der Waals surface area contributed by atoms with Crippen LogP contribution in [-0.2, 0) is 6.54 Å². The van der Waals surface area contributed by atoms with E-state index in [9.17, 15) is 0 Å². The maximum Gasteiger partial charge on any atom is 0.191 e. The molecule has 0 bridgehead atoms. The number of ether oxygens (including phenoxy) is 1. The molecule has 0 heterocycles. The second-order valence-electron chi connectivity index (χ2n) is 5.48. The van der Waals surface area contributed by atoms with E-state index in [-0.39, 0.29) is 30.1 Å². The van der Waals surface area contributed by atoms with Crippen LogP contribution >= 0.6 is 39.9 Å². The monoisotopic (exact) mass is 528 g/mol. The van der Waals surface area contributed by atoms with Crippen LogP contribution in [0, 0.1) is 11.3 Å². The van der Waals surface area contributed by atoms with Gasteiger partial charge in [-0.3, -0.25) is 4.99 Å². The van der Waals surface area contributed by atoms with E-state index in [1.54, 1.807) is 13.1 Å². The first-order valence-corrected chi connectivity index (χ1v) is 8.76. The second-order valence-corrected chi connectivity index (χ2v) is 6.33. The molecule has 7 heteroatoms. The van der Waals surface area contributed by atoms with Gasteiger partial charge in [-0.2, -0.15) is 5.26 Å². The summed E-state index contributed by atoms with van der Waals surface area (Å²) < 4.78 is 6.84. The minimum absolute atomic E-state index is 0. The first-order chi connectivity index (χ1) is 12.1. The molecule has 0 saturated carbocycles. The molecule has 0 aromatic heterocycles. The Kier molecular flexibility index (Phi) is 10.1. The van der Waals surface area contributed by atoms with Crippen molar-refractivity contribution in [1.82, 2.24) is 10.6 Å². The Hall–Kier alpha value is -1.79. The number of hydrogen-bond acceptors (Lipinski definition) is 3. The highest BCUT2D eigenvalue weighted by Crippen LogP contribution is 2.24. The number of aliphatic imine (C=N–C) groups is 1. The Labute approximate surface area is 180 Å². The molecular weight excluding hydrogens is 507 g/mol. The summed E-state index contributed by atoms with van der Waals surface area (Å²) in [7, 11) is 1.72. The summed E-state index contributed by atoms with van der Waals surface area (Å²) in [6, 6.07) is 17.4. The van der Waals surface area contributed by atoms with Crippen molar-refractivity contribution >= 4 is 45.9 Å². The molecule has 0 aliphatic heterocycles. The summed E-state index contributed by atoms with van der Waals surface area (Å²) in [5.41, 5.74) is 1.68. The number of nitrogens with one attached hydrogen (secondary N) is 2. The van der Waals surface area contributed by atoms with E-state index in [1.807, 2.05) is 49.4 Å². The molecular formula is C19H22BrIN4O. The van der Waals surface area contributed by atoms with Crippen LogP contribution in [0.15, 0.2) is 58.0 Å². The lowest BCUT2D eigenvalue weighted by Gasteiger charge is -2.18. The van der Waals surface area contributed by atoms with Gasteiger partial charge in [0.15, 0.2) is 5.96 Å². The summed E-state index contributed by atoms with van der Waals surface area (Å²) in [5, 5.41) is 15.4. The van der Waals surface area contributed by atoms with E-state index >= 15 is 0 Å². The van der Waals surface area contributed by atoms with E-state index in [4.69, 9.17) is 10.00 Å². The number of para-hydroxylation sites is 1. The topological polar surface area (TPSA) is 69.4 Å². The van der Waals surface area contributed by atoms with Gasteiger partial charge in [-0.25, -0.2) is 0 Å². The number of rotatable bonds is 6. The van der Waals surface area contributed by atoms with Crippen molar-refractivity contribution in [2.24, 2.45) is 4.99 Å². The predicted octanol–water partition coefficient (Wildman–Crippen LogP) is 4.07. The van der Waals surface area contributed by atoms with Gasteiger partial charge >= 0.3 is 0 Å². The van der Waals surface area contributed by atoms with Gasteiger partial charge in [0.05, 0.1) is 22.7 Å². The van der Waals surface area contributed by atoms with Crippen LogP contribution < -0.4 is 15.4 Å². The van der Waals surface area contributed by atoms with Gasteiger partial charge in [0.1, 0.15) is 11.9 Å². The first kappa shape index (κ1) is 22.3. The van der Waals surface area contributed by atoms with Gasteiger partial charge in [-0.05, 0) is 52.7 Å².